The van der Waals surface area contributed by atoms with Gasteiger partial charge in [0.2, 0.25) is 0 Å². The predicted molar refractivity (Wildman–Crippen MR) is 116 cm³/mol. The average Bonchev–Trinajstić information content (AvgIpc) is 3.34. The number of hydrogen-bond acceptors (Lipinski definition) is 4. The minimum absolute atomic E-state index is 0.0637. The minimum atomic E-state index is 0.0637. The Morgan fingerprint density at radius 1 is 1.07 bits per heavy atom. The van der Waals surface area contributed by atoms with E-state index in [4.69, 9.17) is 9.15 Å². The van der Waals surface area contributed by atoms with Gasteiger partial charge in [-0.15, -0.1) is 0 Å². The molecule has 30 heavy (non-hydrogen) atoms. The Morgan fingerprint density at radius 3 is 2.67 bits per heavy atom. The highest BCUT2D eigenvalue weighted by Gasteiger charge is 2.33. The van der Waals surface area contributed by atoms with Crippen LogP contribution in [0.2, 0.25) is 0 Å². The van der Waals surface area contributed by atoms with Gasteiger partial charge in [0, 0.05) is 43.9 Å². The van der Waals surface area contributed by atoms with E-state index >= 15 is 0 Å². The number of carbonyl (C=O) groups is 1. The van der Waals surface area contributed by atoms with Gasteiger partial charge in [-0.05, 0) is 42.7 Å². The summed E-state index contributed by atoms with van der Waals surface area (Å²) in [6, 6.07) is 16.4. The Bertz CT molecular complexity index is 1080. The molecule has 2 aliphatic rings. The van der Waals surface area contributed by atoms with Crippen LogP contribution in [0.5, 0.6) is 5.75 Å². The second-order valence-electron chi connectivity index (χ2n) is 8.08. The summed E-state index contributed by atoms with van der Waals surface area (Å²) in [5.41, 5.74) is 5.31. The van der Waals surface area contributed by atoms with E-state index in [1.807, 2.05) is 42.2 Å². The van der Waals surface area contributed by atoms with E-state index < -0.39 is 0 Å². The van der Waals surface area contributed by atoms with Crippen LogP contribution in [-0.4, -0.2) is 31.0 Å². The zero-order valence-corrected chi connectivity index (χ0v) is 17.5. The Morgan fingerprint density at radius 2 is 1.87 bits per heavy atom. The van der Waals surface area contributed by atoms with Gasteiger partial charge in [-0.25, -0.2) is 0 Å². The summed E-state index contributed by atoms with van der Waals surface area (Å²) in [5.74, 6) is 2.63. The molecule has 0 aliphatic carbocycles. The van der Waals surface area contributed by atoms with E-state index in [9.17, 15) is 4.79 Å². The molecule has 0 unspecified atom stereocenters. The van der Waals surface area contributed by atoms with E-state index in [2.05, 4.69) is 23.1 Å². The van der Waals surface area contributed by atoms with Crippen LogP contribution in [0.4, 0.5) is 5.69 Å². The standard InChI is InChI=1S/C25H26N2O3/c1-17-24(25(28)27-14-11-19-5-3-4-6-22(19)27)21-16-26(13-12-23(21)30-17)15-18-7-9-20(29-2)10-8-18/h3-10H,11-16H2,1-2H3. The van der Waals surface area contributed by atoms with Crippen molar-refractivity contribution in [3.63, 3.8) is 0 Å². The van der Waals surface area contributed by atoms with Crippen LogP contribution in [0.3, 0.4) is 0 Å². The smallest absolute Gasteiger partial charge is 0.262 e. The maximum atomic E-state index is 13.5. The number of amides is 1. The van der Waals surface area contributed by atoms with Crippen LogP contribution in [0.1, 0.15) is 38.6 Å². The van der Waals surface area contributed by atoms with E-state index in [0.29, 0.717) is 0 Å². The Kier molecular flexibility index (Phi) is 4.83. The first-order valence-electron chi connectivity index (χ1n) is 10.5. The lowest BCUT2D eigenvalue weighted by Crippen LogP contribution is -2.33. The summed E-state index contributed by atoms with van der Waals surface area (Å²) < 4.78 is 11.3. The Balaban J connectivity index is 1.39. The van der Waals surface area contributed by atoms with Gasteiger partial charge in [0.05, 0.1) is 12.7 Å². The molecule has 0 radical (unpaired) electrons. The van der Waals surface area contributed by atoms with Gasteiger partial charge in [-0.3, -0.25) is 9.69 Å². The summed E-state index contributed by atoms with van der Waals surface area (Å²) >= 11 is 0. The van der Waals surface area contributed by atoms with Gasteiger partial charge in [-0.2, -0.15) is 0 Å². The second kappa shape index (κ2) is 7.65. The van der Waals surface area contributed by atoms with Crippen molar-refractivity contribution >= 4 is 11.6 Å². The third-order valence-electron chi connectivity index (χ3n) is 6.21. The summed E-state index contributed by atoms with van der Waals surface area (Å²) in [6.45, 7) is 5.14. The summed E-state index contributed by atoms with van der Waals surface area (Å²) in [7, 11) is 1.68. The molecule has 2 aromatic carbocycles. The second-order valence-corrected chi connectivity index (χ2v) is 8.08. The number of nitrogens with zero attached hydrogens (tertiary/aromatic N) is 2. The van der Waals surface area contributed by atoms with E-state index in [1.54, 1.807) is 7.11 Å². The van der Waals surface area contributed by atoms with Crippen molar-refractivity contribution in [2.45, 2.75) is 32.9 Å². The monoisotopic (exact) mass is 402 g/mol. The number of fused-ring (bicyclic) bond motifs is 2. The van der Waals surface area contributed by atoms with Crippen molar-refractivity contribution in [1.29, 1.82) is 0 Å². The van der Waals surface area contributed by atoms with E-state index in [0.717, 1.165) is 73.1 Å². The number of benzene rings is 2. The molecule has 0 N–H and O–H groups in total. The molecule has 5 rings (SSSR count). The molecule has 3 aromatic rings. The van der Waals surface area contributed by atoms with Crippen molar-refractivity contribution in [2.75, 3.05) is 25.1 Å². The molecular weight excluding hydrogens is 376 g/mol. The minimum Gasteiger partial charge on any atom is -0.497 e. The summed E-state index contributed by atoms with van der Waals surface area (Å²) in [5, 5.41) is 0. The summed E-state index contributed by atoms with van der Waals surface area (Å²) in [6.07, 6.45) is 1.74. The first-order chi connectivity index (χ1) is 14.6. The topological polar surface area (TPSA) is 45.9 Å². The SMILES string of the molecule is COc1ccc(CN2CCc3oc(C)c(C(=O)N4CCc5ccccc54)c3C2)cc1. The van der Waals surface area contributed by atoms with Gasteiger partial charge in [0.25, 0.3) is 5.91 Å². The third-order valence-corrected chi connectivity index (χ3v) is 6.21. The van der Waals surface area contributed by atoms with Crippen LogP contribution in [0.15, 0.2) is 52.9 Å². The lowest BCUT2D eigenvalue weighted by molar-refractivity contribution is 0.0986. The van der Waals surface area contributed by atoms with E-state index in [-0.39, 0.29) is 5.91 Å². The van der Waals surface area contributed by atoms with Crippen molar-refractivity contribution < 1.29 is 13.9 Å². The lowest BCUT2D eigenvalue weighted by atomic mass is 10.0. The summed E-state index contributed by atoms with van der Waals surface area (Å²) in [4.78, 5) is 17.8. The van der Waals surface area contributed by atoms with Crippen molar-refractivity contribution in [3.8, 4) is 5.75 Å². The predicted octanol–water partition coefficient (Wildman–Crippen LogP) is 4.36. The quantitative estimate of drug-likeness (QED) is 0.651. The van der Waals surface area contributed by atoms with Crippen molar-refractivity contribution in [3.05, 3.63) is 82.3 Å². The normalized spacial score (nSPS) is 15.7. The third kappa shape index (κ3) is 3.29. The van der Waals surface area contributed by atoms with Crippen LogP contribution in [-0.2, 0) is 25.9 Å². The van der Waals surface area contributed by atoms with Gasteiger partial charge >= 0.3 is 0 Å². The molecule has 5 heteroatoms. The number of ether oxygens (including phenoxy) is 1. The number of furan rings is 1. The van der Waals surface area contributed by atoms with Gasteiger partial charge in [-0.1, -0.05) is 30.3 Å². The van der Waals surface area contributed by atoms with Crippen molar-refractivity contribution in [1.82, 2.24) is 4.90 Å². The fraction of sp³-hybridized carbons (Fsp3) is 0.320. The maximum absolute atomic E-state index is 13.5. The Labute approximate surface area is 176 Å². The number of carbonyl (C=O) groups excluding carboxylic acids is 1. The molecule has 1 amide bonds. The van der Waals surface area contributed by atoms with Crippen LogP contribution in [0.25, 0.3) is 0 Å². The molecule has 2 aliphatic heterocycles. The van der Waals surface area contributed by atoms with Gasteiger partial charge in [0.15, 0.2) is 0 Å². The largest absolute Gasteiger partial charge is 0.497 e. The molecule has 0 spiro atoms. The number of anilines is 1. The van der Waals surface area contributed by atoms with Crippen LogP contribution < -0.4 is 9.64 Å². The average molecular weight is 402 g/mol. The molecule has 0 atom stereocenters. The highest BCUT2D eigenvalue weighted by atomic mass is 16.5. The first kappa shape index (κ1) is 18.9. The maximum Gasteiger partial charge on any atom is 0.262 e. The number of hydrogen-bond donors (Lipinski definition) is 0. The molecule has 0 fully saturated rings. The van der Waals surface area contributed by atoms with Crippen molar-refractivity contribution in [2.24, 2.45) is 0 Å². The molecule has 3 heterocycles. The number of para-hydroxylation sites is 1. The fourth-order valence-corrected chi connectivity index (χ4v) is 4.67. The van der Waals surface area contributed by atoms with Gasteiger partial charge in [0.1, 0.15) is 17.3 Å². The highest BCUT2D eigenvalue weighted by molar-refractivity contribution is 6.09. The lowest BCUT2D eigenvalue weighted by Gasteiger charge is -2.27. The fourth-order valence-electron chi connectivity index (χ4n) is 4.67. The number of rotatable bonds is 4. The molecule has 5 nitrogen and oxygen atoms in total. The Hall–Kier alpha value is -3.05. The molecule has 154 valence electrons. The van der Waals surface area contributed by atoms with E-state index in [1.165, 1.54) is 11.1 Å². The highest BCUT2D eigenvalue weighted by Crippen LogP contribution is 2.34. The molecule has 0 saturated carbocycles. The molecular formula is C25H26N2O3. The van der Waals surface area contributed by atoms with Gasteiger partial charge < -0.3 is 14.1 Å². The van der Waals surface area contributed by atoms with Crippen LogP contribution >= 0.6 is 0 Å². The zero-order chi connectivity index (χ0) is 20.7. The molecule has 0 bridgehead atoms. The molecule has 1 aromatic heterocycles. The molecule has 0 saturated heterocycles. The number of methoxy groups -OCH3 is 1. The number of aryl methyl sites for hydroxylation is 1. The van der Waals surface area contributed by atoms with Crippen LogP contribution in [0, 0.1) is 6.92 Å². The zero-order valence-electron chi connectivity index (χ0n) is 17.5. The first-order valence-corrected chi connectivity index (χ1v) is 10.5.